The van der Waals surface area contributed by atoms with E-state index in [9.17, 15) is 17.6 Å². The van der Waals surface area contributed by atoms with E-state index >= 15 is 0 Å². The zero-order valence-electron chi connectivity index (χ0n) is 11.7. The zero-order chi connectivity index (χ0) is 15.6. The number of halogens is 4. The van der Waals surface area contributed by atoms with Crippen LogP contribution in [0.4, 0.5) is 17.6 Å². The third-order valence-corrected chi connectivity index (χ3v) is 2.53. The van der Waals surface area contributed by atoms with Crippen molar-refractivity contribution in [1.82, 2.24) is 0 Å². The quantitative estimate of drug-likeness (QED) is 0.410. The van der Waals surface area contributed by atoms with E-state index in [0.29, 0.717) is 0 Å². The van der Waals surface area contributed by atoms with Gasteiger partial charge >= 0.3 is 0 Å². The van der Waals surface area contributed by atoms with Gasteiger partial charge in [-0.2, -0.15) is 0 Å². The molecule has 122 valence electrons. The molecule has 0 rings (SSSR count). The first-order valence-electron chi connectivity index (χ1n) is 5.82. The molecule has 0 unspecified atom stereocenters. The SMILES string of the molecule is CC(C)OCC(OCF)(OCF)C(C)(OCF)OCF. The number of ether oxygens (including phenoxy) is 5. The van der Waals surface area contributed by atoms with Crippen molar-refractivity contribution in [1.29, 1.82) is 0 Å². The molecule has 0 atom stereocenters. The summed E-state index contributed by atoms with van der Waals surface area (Å²) in [6, 6.07) is 0. The van der Waals surface area contributed by atoms with Crippen molar-refractivity contribution in [2.75, 3.05) is 34.0 Å². The van der Waals surface area contributed by atoms with Crippen LogP contribution in [0.1, 0.15) is 20.8 Å². The molecule has 0 aromatic carbocycles. The van der Waals surface area contributed by atoms with Gasteiger partial charge in [-0.3, -0.25) is 0 Å². The summed E-state index contributed by atoms with van der Waals surface area (Å²) in [5, 5.41) is 0. The Morgan fingerprint density at radius 2 is 1.20 bits per heavy atom. The van der Waals surface area contributed by atoms with Gasteiger partial charge in [-0.25, -0.2) is 17.6 Å². The van der Waals surface area contributed by atoms with Crippen LogP contribution < -0.4 is 0 Å². The molecule has 9 heteroatoms. The van der Waals surface area contributed by atoms with Crippen LogP contribution in [-0.4, -0.2) is 51.7 Å². The first kappa shape index (κ1) is 19.5. The molecule has 0 aromatic heterocycles. The normalized spacial score (nSPS) is 13.2. The highest BCUT2D eigenvalue weighted by Gasteiger charge is 2.55. The van der Waals surface area contributed by atoms with Crippen LogP contribution in [0.5, 0.6) is 0 Å². The fraction of sp³-hybridized carbons (Fsp3) is 1.00. The van der Waals surface area contributed by atoms with Gasteiger partial charge in [0.1, 0.15) is 6.61 Å². The van der Waals surface area contributed by atoms with Gasteiger partial charge in [-0.1, -0.05) is 0 Å². The third-order valence-electron chi connectivity index (χ3n) is 2.53. The Morgan fingerprint density at radius 1 is 0.800 bits per heavy atom. The van der Waals surface area contributed by atoms with Crippen molar-refractivity contribution in [2.45, 2.75) is 38.4 Å². The minimum Gasteiger partial charge on any atom is -0.373 e. The summed E-state index contributed by atoms with van der Waals surface area (Å²) in [5.41, 5.74) is 0. The van der Waals surface area contributed by atoms with Crippen LogP contribution in [0, 0.1) is 0 Å². The second-order valence-electron chi connectivity index (χ2n) is 4.07. The summed E-state index contributed by atoms with van der Waals surface area (Å²) in [7, 11) is 0. The summed E-state index contributed by atoms with van der Waals surface area (Å²) >= 11 is 0. The summed E-state index contributed by atoms with van der Waals surface area (Å²) in [6.45, 7) is -1.94. The maximum absolute atomic E-state index is 12.6. The van der Waals surface area contributed by atoms with Crippen molar-refractivity contribution in [3.05, 3.63) is 0 Å². The number of hydrogen-bond acceptors (Lipinski definition) is 5. The lowest BCUT2D eigenvalue weighted by atomic mass is 10.1. The van der Waals surface area contributed by atoms with E-state index in [1.54, 1.807) is 13.8 Å². The molecule has 0 bridgehead atoms. The number of hydrogen-bond donors (Lipinski definition) is 0. The minimum absolute atomic E-state index is 0.360. The first-order chi connectivity index (χ1) is 9.41. The molecule has 20 heavy (non-hydrogen) atoms. The van der Waals surface area contributed by atoms with Crippen molar-refractivity contribution in [3.63, 3.8) is 0 Å². The summed E-state index contributed by atoms with van der Waals surface area (Å²) in [6.07, 6.45) is -0.360. The van der Waals surface area contributed by atoms with Gasteiger partial charge in [0.15, 0.2) is 27.4 Å². The predicted octanol–water partition coefficient (Wildman–Crippen LogP) is 2.60. The highest BCUT2D eigenvalue weighted by molar-refractivity contribution is 4.86. The third kappa shape index (κ3) is 5.13. The zero-order valence-corrected chi connectivity index (χ0v) is 11.7. The van der Waals surface area contributed by atoms with E-state index < -0.39 is 45.6 Å². The summed E-state index contributed by atoms with van der Waals surface area (Å²) in [5.74, 6) is -4.55. The second kappa shape index (κ2) is 9.46. The van der Waals surface area contributed by atoms with Gasteiger partial charge in [0, 0.05) is 0 Å². The molecule has 0 aliphatic rings. The van der Waals surface area contributed by atoms with E-state index in [2.05, 4.69) is 18.9 Å². The molecular weight excluding hydrogens is 288 g/mol. The largest absolute Gasteiger partial charge is 0.373 e. The van der Waals surface area contributed by atoms with E-state index in [4.69, 9.17) is 4.74 Å². The second-order valence-corrected chi connectivity index (χ2v) is 4.07. The molecule has 0 amide bonds. The highest BCUT2D eigenvalue weighted by atomic mass is 19.1. The van der Waals surface area contributed by atoms with E-state index in [0.717, 1.165) is 6.92 Å². The van der Waals surface area contributed by atoms with Crippen LogP contribution in [-0.2, 0) is 23.7 Å². The molecular formula is C11H20F4O5. The molecule has 0 radical (unpaired) electrons. The van der Waals surface area contributed by atoms with Gasteiger partial charge in [-0.05, 0) is 20.8 Å². The Bertz CT molecular complexity index is 243. The molecule has 0 aliphatic heterocycles. The predicted molar refractivity (Wildman–Crippen MR) is 60.5 cm³/mol. The van der Waals surface area contributed by atoms with Crippen LogP contribution in [0.25, 0.3) is 0 Å². The van der Waals surface area contributed by atoms with Crippen molar-refractivity contribution in [2.24, 2.45) is 0 Å². The topological polar surface area (TPSA) is 46.2 Å². The van der Waals surface area contributed by atoms with Crippen LogP contribution >= 0.6 is 0 Å². The van der Waals surface area contributed by atoms with E-state index in [1.807, 2.05) is 0 Å². The van der Waals surface area contributed by atoms with Gasteiger partial charge in [0.2, 0.25) is 5.79 Å². The van der Waals surface area contributed by atoms with Gasteiger partial charge in [0.25, 0.3) is 5.79 Å². The standard InChI is InChI=1S/C11H20F4O5/c1-9(2)16-4-11(19-7-14,20-8-15)10(3,17-5-12)18-6-13/h9H,4-8H2,1-3H3. The average Bonchev–Trinajstić information content (AvgIpc) is 2.37. The fourth-order valence-electron chi connectivity index (χ4n) is 1.44. The van der Waals surface area contributed by atoms with Crippen LogP contribution in [0.15, 0.2) is 0 Å². The fourth-order valence-corrected chi connectivity index (χ4v) is 1.44. The molecule has 0 spiro atoms. The Morgan fingerprint density at radius 3 is 1.50 bits per heavy atom. The first-order valence-corrected chi connectivity index (χ1v) is 5.82. The lowest BCUT2D eigenvalue weighted by molar-refractivity contribution is -0.433. The highest BCUT2D eigenvalue weighted by Crippen LogP contribution is 2.34. The Labute approximate surface area is 115 Å². The van der Waals surface area contributed by atoms with Crippen LogP contribution in [0.2, 0.25) is 0 Å². The van der Waals surface area contributed by atoms with E-state index in [1.165, 1.54) is 0 Å². The van der Waals surface area contributed by atoms with Crippen molar-refractivity contribution in [3.8, 4) is 0 Å². The van der Waals surface area contributed by atoms with Gasteiger partial charge < -0.3 is 23.7 Å². The molecule has 0 saturated carbocycles. The molecule has 5 nitrogen and oxygen atoms in total. The van der Waals surface area contributed by atoms with Crippen molar-refractivity contribution < 1.29 is 41.2 Å². The summed E-state index contributed by atoms with van der Waals surface area (Å²) < 4.78 is 73.7. The Hall–Kier alpha value is -0.480. The number of alkyl halides is 4. The molecule has 0 aliphatic carbocycles. The van der Waals surface area contributed by atoms with Crippen molar-refractivity contribution >= 4 is 0 Å². The lowest BCUT2D eigenvalue weighted by Gasteiger charge is -2.44. The smallest absolute Gasteiger partial charge is 0.252 e. The van der Waals surface area contributed by atoms with Crippen LogP contribution in [0.3, 0.4) is 0 Å². The Kier molecular flexibility index (Phi) is 9.23. The molecule has 0 N–H and O–H groups in total. The maximum Gasteiger partial charge on any atom is 0.252 e. The summed E-state index contributed by atoms with van der Waals surface area (Å²) in [4.78, 5) is 0. The molecule has 0 saturated heterocycles. The monoisotopic (exact) mass is 308 g/mol. The molecule has 0 aromatic rings. The molecule has 0 heterocycles. The molecule has 0 fully saturated rings. The Balaban J connectivity index is 5.36. The van der Waals surface area contributed by atoms with Gasteiger partial charge in [-0.15, -0.1) is 0 Å². The lowest BCUT2D eigenvalue weighted by Crippen LogP contribution is -2.62. The maximum atomic E-state index is 12.6. The minimum atomic E-state index is -2.31. The van der Waals surface area contributed by atoms with Gasteiger partial charge in [0.05, 0.1) is 6.10 Å². The average molecular weight is 308 g/mol. The van der Waals surface area contributed by atoms with E-state index in [-0.39, 0.29) is 6.10 Å². The number of rotatable bonds is 12.